The number of thiophene rings is 1. The molecule has 4 nitrogen and oxygen atoms in total. The molecule has 0 aromatic carbocycles. The lowest BCUT2D eigenvalue weighted by Gasteiger charge is -2.23. The van der Waals surface area contributed by atoms with Crippen LogP contribution in [-0.2, 0) is 13.0 Å². The second-order valence-corrected chi connectivity index (χ2v) is 6.88. The molecule has 1 atom stereocenters. The Bertz CT molecular complexity index is 552. The molecule has 1 fully saturated rings. The Morgan fingerprint density at radius 2 is 2.43 bits per heavy atom. The zero-order chi connectivity index (χ0) is 14.7. The lowest BCUT2D eigenvalue weighted by Crippen LogP contribution is -2.34. The fraction of sp³-hybridized carbons (Fsp3) is 0.562. The third kappa shape index (κ3) is 3.93. The van der Waals surface area contributed by atoms with Crippen LogP contribution in [0.15, 0.2) is 28.1 Å². The predicted molar refractivity (Wildman–Crippen MR) is 85.6 cm³/mol. The first kappa shape index (κ1) is 14.8. The van der Waals surface area contributed by atoms with E-state index in [1.54, 1.807) is 6.20 Å². The molecule has 2 aromatic heterocycles. The summed E-state index contributed by atoms with van der Waals surface area (Å²) in [4.78, 5) is 10.7. The van der Waals surface area contributed by atoms with Crippen molar-refractivity contribution in [2.45, 2.75) is 32.4 Å². The molecule has 0 amide bonds. The summed E-state index contributed by atoms with van der Waals surface area (Å²) in [7, 11) is 2.17. The van der Waals surface area contributed by atoms with Crippen molar-refractivity contribution in [3.63, 3.8) is 0 Å². The minimum Gasteiger partial charge on any atom is -0.445 e. The highest BCUT2D eigenvalue weighted by Gasteiger charge is 2.26. The lowest BCUT2D eigenvalue weighted by molar-refractivity contribution is 0.206. The van der Waals surface area contributed by atoms with Gasteiger partial charge in [-0.05, 0) is 44.8 Å². The van der Waals surface area contributed by atoms with Gasteiger partial charge in [-0.3, -0.25) is 4.90 Å². The van der Waals surface area contributed by atoms with Crippen LogP contribution >= 0.6 is 11.3 Å². The molecule has 0 unspecified atom stereocenters. The fourth-order valence-electron chi connectivity index (χ4n) is 2.92. The van der Waals surface area contributed by atoms with Crippen LogP contribution in [0.5, 0.6) is 0 Å². The van der Waals surface area contributed by atoms with Crippen molar-refractivity contribution in [2.24, 2.45) is 0 Å². The standard InChI is InChI=1S/C16H23N3OS/c1-13-10-17-16(20-13)12-18(2)14-5-7-19(11-14)8-6-15-4-3-9-21-15/h3-4,9-10,14H,5-8,11-12H2,1-2H3/t14-/m0/s1. The Morgan fingerprint density at radius 1 is 1.52 bits per heavy atom. The van der Waals surface area contributed by atoms with E-state index in [2.05, 4.69) is 39.3 Å². The highest BCUT2D eigenvalue weighted by Crippen LogP contribution is 2.18. The van der Waals surface area contributed by atoms with E-state index >= 15 is 0 Å². The minimum absolute atomic E-state index is 0.612. The van der Waals surface area contributed by atoms with Crippen LogP contribution in [0.1, 0.15) is 22.9 Å². The zero-order valence-electron chi connectivity index (χ0n) is 12.8. The predicted octanol–water partition coefficient (Wildman–Crippen LogP) is 2.79. The molecule has 0 radical (unpaired) electrons. The van der Waals surface area contributed by atoms with Crippen molar-refractivity contribution < 1.29 is 4.42 Å². The number of likely N-dealkylation sites (tertiary alicyclic amines) is 1. The summed E-state index contributed by atoms with van der Waals surface area (Å²) in [6.07, 6.45) is 4.21. The number of oxazole rings is 1. The van der Waals surface area contributed by atoms with Gasteiger partial charge in [-0.15, -0.1) is 11.3 Å². The van der Waals surface area contributed by atoms with E-state index in [1.165, 1.54) is 30.8 Å². The van der Waals surface area contributed by atoms with Crippen molar-refractivity contribution in [1.82, 2.24) is 14.8 Å². The number of rotatable bonds is 6. The fourth-order valence-corrected chi connectivity index (χ4v) is 3.61. The quantitative estimate of drug-likeness (QED) is 0.821. The Morgan fingerprint density at radius 3 is 3.14 bits per heavy atom. The van der Waals surface area contributed by atoms with E-state index in [4.69, 9.17) is 4.42 Å². The smallest absolute Gasteiger partial charge is 0.208 e. The van der Waals surface area contributed by atoms with Gasteiger partial charge in [0.15, 0.2) is 0 Å². The summed E-state index contributed by atoms with van der Waals surface area (Å²) in [6, 6.07) is 4.98. The van der Waals surface area contributed by atoms with Gasteiger partial charge in [0.05, 0.1) is 12.7 Å². The van der Waals surface area contributed by atoms with E-state index in [0.717, 1.165) is 24.7 Å². The molecule has 1 aliphatic rings. The van der Waals surface area contributed by atoms with Crippen LogP contribution < -0.4 is 0 Å². The Balaban J connectivity index is 1.45. The third-order valence-corrected chi connectivity index (χ3v) is 5.12. The van der Waals surface area contributed by atoms with Gasteiger partial charge < -0.3 is 9.32 Å². The summed E-state index contributed by atoms with van der Waals surface area (Å²) < 4.78 is 5.57. The molecule has 0 aliphatic carbocycles. The van der Waals surface area contributed by atoms with Gasteiger partial charge in [-0.2, -0.15) is 0 Å². The van der Waals surface area contributed by atoms with Crippen molar-refractivity contribution >= 4 is 11.3 Å². The summed E-state index contributed by atoms with van der Waals surface area (Å²) in [5.74, 6) is 1.72. The maximum Gasteiger partial charge on any atom is 0.208 e. The highest BCUT2D eigenvalue weighted by atomic mass is 32.1. The first-order chi connectivity index (χ1) is 10.2. The largest absolute Gasteiger partial charge is 0.445 e. The second-order valence-electron chi connectivity index (χ2n) is 5.85. The Hall–Kier alpha value is -1.17. The Kier molecular flexibility index (Phi) is 4.73. The zero-order valence-corrected chi connectivity index (χ0v) is 13.6. The molecule has 0 N–H and O–H groups in total. The average Bonchev–Trinajstić information content (AvgIpc) is 3.17. The monoisotopic (exact) mass is 305 g/mol. The van der Waals surface area contributed by atoms with Crippen molar-refractivity contribution in [3.05, 3.63) is 40.2 Å². The molecule has 1 saturated heterocycles. The summed E-state index contributed by atoms with van der Waals surface area (Å²) >= 11 is 1.86. The molecule has 21 heavy (non-hydrogen) atoms. The van der Waals surface area contributed by atoms with Gasteiger partial charge in [0, 0.05) is 24.0 Å². The average molecular weight is 305 g/mol. The first-order valence-corrected chi connectivity index (χ1v) is 8.45. The van der Waals surface area contributed by atoms with E-state index in [-0.39, 0.29) is 0 Å². The molecular formula is C16H23N3OS. The minimum atomic E-state index is 0.612. The van der Waals surface area contributed by atoms with Crippen molar-refractivity contribution in [3.8, 4) is 0 Å². The third-order valence-electron chi connectivity index (χ3n) is 4.18. The van der Waals surface area contributed by atoms with Crippen LogP contribution in [0.4, 0.5) is 0 Å². The maximum atomic E-state index is 5.57. The van der Waals surface area contributed by atoms with Crippen LogP contribution in [0.25, 0.3) is 0 Å². The Labute approximate surface area is 130 Å². The molecule has 3 heterocycles. The molecule has 0 bridgehead atoms. The van der Waals surface area contributed by atoms with E-state index in [1.807, 2.05) is 18.3 Å². The molecule has 2 aromatic rings. The number of aromatic nitrogens is 1. The van der Waals surface area contributed by atoms with Crippen LogP contribution in [0.3, 0.4) is 0 Å². The van der Waals surface area contributed by atoms with Crippen LogP contribution in [-0.4, -0.2) is 47.5 Å². The normalized spacial score (nSPS) is 19.7. The highest BCUT2D eigenvalue weighted by molar-refractivity contribution is 7.09. The van der Waals surface area contributed by atoms with E-state index < -0.39 is 0 Å². The number of hydrogen-bond acceptors (Lipinski definition) is 5. The molecular weight excluding hydrogens is 282 g/mol. The molecule has 0 saturated carbocycles. The lowest BCUT2D eigenvalue weighted by atomic mass is 10.2. The van der Waals surface area contributed by atoms with Gasteiger partial charge in [0.1, 0.15) is 5.76 Å². The summed E-state index contributed by atoms with van der Waals surface area (Å²) in [5, 5.41) is 2.16. The van der Waals surface area contributed by atoms with Crippen LogP contribution in [0, 0.1) is 6.92 Å². The second kappa shape index (κ2) is 6.73. The van der Waals surface area contributed by atoms with Crippen molar-refractivity contribution in [1.29, 1.82) is 0 Å². The molecule has 3 rings (SSSR count). The summed E-state index contributed by atoms with van der Waals surface area (Å²) in [6.45, 7) is 6.27. The SMILES string of the molecule is Cc1cnc(CN(C)[C@H]2CCN(CCc3cccs3)C2)o1. The van der Waals surface area contributed by atoms with Crippen LogP contribution in [0.2, 0.25) is 0 Å². The maximum absolute atomic E-state index is 5.57. The molecule has 1 aliphatic heterocycles. The van der Waals surface area contributed by atoms with Gasteiger partial charge in [-0.25, -0.2) is 4.98 Å². The molecule has 114 valence electrons. The molecule has 5 heteroatoms. The topological polar surface area (TPSA) is 32.5 Å². The number of nitrogens with zero attached hydrogens (tertiary/aromatic N) is 3. The number of hydrogen-bond donors (Lipinski definition) is 0. The number of likely N-dealkylation sites (N-methyl/N-ethyl adjacent to an activating group) is 1. The number of aryl methyl sites for hydroxylation is 1. The van der Waals surface area contributed by atoms with Gasteiger partial charge in [0.2, 0.25) is 5.89 Å². The van der Waals surface area contributed by atoms with E-state index in [0.29, 0.717) is 6.04 Å². The van der Waals surface area contributed by atoms with Gasteiger partial charge in [0.25, 0.3) is 0 Å². The van der Waals surface area contributed by atoms with Gasteiger partial charge in [-0.1, -0.05) is 6.07 Å². The van der Waals surface area contributed by atoms with Gasteiger partial charge >= 0.3 is 0 Å². The first-order valence-electron chi connectivity index (χ1n) is 7.57. The van der Waals surface area contributed by atoms with E-state index in [9.17, 15) is 0 Å². The summed E-state index contributed by atoms with van der Waals surface area (Å²) in [5.41, 5.74) is 0. The van der Waals surface area contributed by atoms with Crippen molar-refractivity contribution in [2.75, 3.05) is 26.7 Å². The molecule has 0 spiro atoms.